The van der Waals surface area contributed by atoms with Crippen molar-refractivity contribution in [3.05, 3.63) is 24.3 Å². The van der Waals surface area contributed by atoms with Crippen LogP contribution in [0.25, 0.3) is 0 Å². The molecule has 0 aliphatic rings. The van der Waals surface area contributed by atoms with Crippen LogP contribution in [0.3, 0.4) is 0 Å². The van der Waals surface area contributed by atoms with Crippen LogP contribution in [0.5, 0.6) is 0 Å². The summed E-state index contributed by atoms with van der Waals surface area (Å²) in [6.07, 6.45) is 0.379. The lowest BCUT2D eigenvalue weighted by molar-refractivity contribution is -0.117. The molecule has 6 heteroatoms. The Morgan fingerprint density at radius 3 is 2.85 bits per heavy atom. The molecule has 1 rings (SSSR count). The highest BCUT2D eigenvalue weighted by atomic mass is 16.5. The van der Waals surface area contributed by atoms with E-state index >= 15 is 0 Å². The number of nitrogens with one attached hydrogen (secondary N) is 1. The first-order valence-electron chi connectivity index (χ1n) is 6.40. The molecular formula is C14H20N4O2. The molecule has 108 valence electrons. The summed E-state index contributed by atoms with van der Waals surface area (Å²) >= 11 is 0. The van der Waals surface area contributed by atoms with Gasteiger partial charge in [0.15, 0.2) is 0 Å². The number of nitrogen functional groups attached to an aromatic ring is 1. The number of rotatable bonds is 8. The number of carbonyl (C=O) groups is 1. The van der Waals surface area contributed by atoms with E-state index in [4.69, 9.17) is 15.7 Å². The van der Waals surface area contributed by atoms with Crippen LogP contribution in [0.15, 0.2) is 24.3 Å². The monoisotopic (exact) mass is 276 g/mol. The number of hydrogen-bond acceptors (Lipinski definition) is 5. The van der Waals surface area contributed by atoms with E-state index < -0.39 is 0 Å². The highest BCUT2D eigenvalue weighted by Gasteiger charge is 2.11. The molecule has 0 aromatic heterocycles. The van der Waals surface area contributed by atoms with Gasteiger partial charge in [-0.25, -0.2) is 0 Å². The van der Waals surface area contributed by atoms with E-state index in [-0.39, 0.29) is 12.5 Å². The number of para-hydroxylation sites is 2. The van der Waals surface area contributed by atoms with Crippen LogP contribution in [-0.2, 0) is 9.53 Å². The SMILES string of the molecule is COCCN(CCC#N)CC(=O)Nc1ccccc1N. The van der Waals surface area contributed by atoms with Crippen molar-refractivity contribution < 1.29 is 9.53 Å². The zero-order valence-corrected chi connectivity index (χ0v) is 11.6. The normalized spacial score (nSPS) is 10.2. The van der Waals surface area contributed by atoms with Crippen LogP contribution in [-0.4, -0.2) is 44.2 Å². The second-order valence-corrected chi connectivity index (χ2v) is 4.31. The number of carbonyl (C=O) groups excluding carboxylic acids is 1. The first kappa shape index (κ1) is 16.0. The molecule has 0 spiro atoms. The zero-order valence-electron chi connectivity index (χ0n) is 11.6. The maximum absolute atomic E-state index is 12.0. The Balaban J connectivity index is 2.52. The molecule has 20 heavy (non-hydrogen) atoms. The van der Waals surface area contributed by atoms with E-state index in [9.17, 15) is 4.79 Å². The third kappa shape index (κ3) is 5.69. The first-order valence-corrected chi connectivity index (χ1v) is 6.40. The molecule has 0 radical (unpaired) electrons. The van der Waals surface area contributed by atoms with Gasteiger partial charge in [0.05, 0.1) is 30.6 Å². The Morgan fingerprint density at radius 2 is 2.20 bits per heavy atom. The Hall–Kier alpha value is -2.10. The summed E-state index contributed by atoms with van der Waals surface area (Å²) in [5.74, 6) is -0.156. The molecule has 1 aromatic carbocycles. The minimum absolute atomic E-state index is 0.156. The second kappa shape index (κ2) is 8.91. The lowest BCUT2D eigenvalue weighted by Gasteiger charge is -2.20. The minimum atomic E-state index is -0.156. The number of benzene rings is 1. The number of nitrogens with two attached hydrogens (primary N) is 1. The maximum Gasteiger partial charge on any atom is 0.238 e. The fourth-order valence-corrected chi connectivity index (χ4v) is 1.70. The molecule has 1 amide bonds. The molecule has 1 aromatic rings. The van der Waals surface area contributed by atoms with Crippen LogP contribution >= 0.6 is 0 Å². The molecule has 0 atom stereocenters. The molecular weight excluding hydrogens is 256 g/mol. The van der Waals surface area contributed by atoms with Crippen molar-refractivity contribution in [2.75, 3.05) is 44.4 Å². The summed E-state index contributed by atoms with van der Waals surface area (Å²) in [5.41, 5.74) is 6.90. The number of anilines is 2. The quantitative estimate of drug-likeness (QED) is 0.693. The third-order valence-electron chi connectivity index (χ3n) is 2.75. The van der Waals surface area contributed by atoms with Gasteiger partial charge in [-0.05, 0) is 12.1 Å². The molecule has 3 N–H and O–H groups in total. The van der Waals surface area contributed by atoms with Crippen molar-refractivity contribution in [1.29, 1.82) is 5.26 Å². The van der Waals surface area contributed by atoms with Gasteiger partial charge < -0.3 is 15.8 Å². The lowest BCUT2D eigenvalue weighted by Crippen LogP contribution is -2.36. The number of hydrogen-bond donors (Lipinski definition) is 2. The highest BCUT2D eigenvalue weighted by molar-refractivity contribution is 5.95. The van der Waals surface area contributed by atoms with Gasteiger partial charge in [-0.15, -0.1) is 0 Å². The molecule has 0 heterocycles. The predicted octanol–water partition coefficient (Wildman–Crippen LogP) is 1.07. The van der Waals surface area contributed by atoms with Gasteiger partial charge in [0.2, 0.25) is 5.91 Å². The van der Waals surface area contributed by atoms with E-state index in [0.29, 0.717) is 37.5 Å². The summed E-state index contributed by atoms with van der Waals surface area (Å²) in [7, 11) is 1.60. The fraction of sp³-hybridized carbons (Fsp3) is 0.429. The van der Waals surface area contributed by atoms with Gasteiger partial charge in [0, 0.05) is 26.6 Å². The van der Waals surface area contributed by atoms with Gasteiger partial charge in [0.1, 0.15) is 0 Å². The zero-order chi connectivity index (χ0) is 14.8. The van der Waals surface area contributed by atoms with Crippen molar-refractivity contribution in [3.8, 4) is 6.07 Å². The number of amides is 1. The molecule has 0 unspecified atom stereocenters. The van der Waals surface area contributed by atoms with E-state index in [1.807, 2.05) is 17.0 Å². The van der Waals surface area contributed by atoms with E-state index in [2.05, 4.69) is 11.4 Å². The van der Waals surface area contributed by atoms with Crippen LogP contribution in [0, 0.1) is 11.3 Å². The van der Waals surface area contributed by atoms with Crippen LogP contribution in [0.4, 0.5) is 11.4 Å². The topological polar surface area (TPSA) is 91.4 Å². The van der Waals surface area contributed by atoms with Crippen molar-refractivity contribution in [3.63, 3.8) is 0 Å². The van der Waals surface area contributed by atoms with Crippen molar-refractivity contribution in [2.24, 2.45) is 0 Å². The summed E-state index contributed by atoms with van der Waals surface area (Å²) < 4.78 is 4.99. The Bertz CT molecular complexity index is 470. The van der Waals surface area contributed by atoms with Crippen molar-refractivity contribution in [1.82, 2.24) is 4.90 Å². The van der Waals surface area contributed by atoms with E-state index in [1.54, 1.807) is 19.2 Å². The van der Waals surface area contributed by atoms with E-state index in [0.717, 1.165) is 0 Å². The number of ether oxygens (including phenoxy) is 1. The second-order valence-electron chi connectivity index (χ2n) is 4.31. The van der Waals surface area contributed by atoms with Crippen molar-refractivity contribution in [2.45, 2.75) is 6.42 Å². The number of nitriles is 1. The van der Waals surface area contributed by atoms with Crippen LogP contribution < -0.4 is 11.1 Å². The highest BCUT2D eigenvalue weighted by Crippen LogP contribution is 2.16. The molecule has 0 saturated heterocycles. The fourth-order valence-electron chi connectivity index (χ4n) is 1.70. The average Bonchev–Trinajstić information content (AvgIpc) is 2.44. The molecule has 0 aliphatic heterocycles. The largest absolute Gasteiger partial charge is 0.397 e. The summed E-state index contributed by atoms with van der Waals surface area (Å²) in [6, 6.07) is 9.17. The van der Waals surface area contributed by atoms with Gasteiger partial charge in [-0.2, -0.15) is 5.26 Å². The number of nitrogens with zero attached hydrogens (tertiary/aromatic N) is 2. The summed E-state index contributed by atoms with van der Waals surface area (Å²) in [4.78, 5) is 13.8. The number of methoxy groups -OCH3 is 1. The molecule has 0 fully saturated rings. The Morgan fingerprint density at radius 1 is 1.45 bits per heavy atom. The molecule has 6 nitrogen and oxygen atoms in total. The molecule has 0 aliphatic carbocycles. The van der Waals surface area contributed by atoms with Gasteiger partial charge in [-0.1, -0.05) is 12.1 Å². The minimum Gasteiger partial charge on any atom is -0.397 e. The average molecular weight is 276 g/mol. The van der Waals surface area contributed by atoms with Gasteiger partial charge in [0.25, 0.3) is 0 Å². The first-order chi connectivity index (χ1) is 9.67. The van der Waals surface area contributed by atoms with E-state index in [1.165, 1.54) is 0 Å². The van der Waals surface area contributed by atoms with Gasteiger partial charge >= 0.3 is 0 Å². The molecule has 0 bridgehead atoms. The predicted molar refractivity (Wildman–Crippen MR) is 78.0 cm³/mol. The summed E-state index contributed by atoms with van der Waals surface area (Å²) in [6.45, 7) is 1.87. The maximum atomic E-state index is 12.0. The Labute approximate surface area is 119 Å². The van der Waals surface area contributed by atoms with Crippen molar-refractivity contribution >= 4 is 17.3 Å². The lowest BCUT2D eigenvalue weighted by atomic mass is 10.2. The van der Waals surface area contributed by atoms with Crippen LogP contribution in [0.1, 0.15) is 6.42 Å². The smallest absolute Gasteiger partial charge is 0.238 e. The third-order valence-corrected chi connectivity index (χ3v) is 2.75. The Kier molecular flexibility index (Phi) is 7.11. The van der Waals surface area contributed by atoms with Gasteiger partial charge in [-0.3, -0.25) is 9.69 Å². The van der Waals surface area contributed by atoms with Crippen LogP contribution in [0.2, 0.25) is 0 Å². The molecule has 0 saturated carbocycles. The summed E-state index contributed by atoms with van der Waals surface area (Å²) in [5, 5.41) is 11.4. The standard InChI is InChI=1S/C14H20N4O2/c1-20-10-9-18(8-4-7-15)11-14(19)17-13-6-3-2-5-12(13)16/h2-3,5-6H,4,8-11,16H2,1H3,(H,17,19).